The molecule has 0 saturated carbocycles. The summed E-state index contributed by atoms with van der Waals surface area (Å²) >= 11 is 1.54. The van der Waals surface area contributed by atoms with Crippen LogP contribution in [0.15, 0.2) is 48.1 Å². The Morgan fingerprint density at radius 1 is 1.07 bits per heavy atom. The number of aliphatic hydroxyl groups is 1. The van der Waals surface area contributed by atoms with Gasteiger partial charge in [-0.15, -0.1) is 11.3 Å². The van der Waals surface area contributed by atoms with E-state index >= 15 is 0 Å². The highest BCUT2D eigenvalue weighted by Crippen LogP contribution is 2.34. The zero-order valence-corrected chi connectivity index (χ0v) is 15.8. The highest BCUT2D eigenvalue weighted by Gasteiger charge is 2.22. The minimum absolute atomic E-state index is 0.246. The molecule has 28 heavy (non-hydrogen) atoms. The van der Waals surface area contributed by atoms with Gasteiger partial charge >= 0.3 is 0 Å². The number of rotatable bonds is 3. The van der Waals surface area contributed by atoms with Crippen LogP contribution in [0.3, 0.4) is 0 Å². The zero-order chi connectivity index (χ0) is 19.1. The van der Waals surface area contributed by atoms with Gasteiger partial charge < -0.3 is 10.0 Å². The van der Waals surface area contributed by atoms with Gasteiger partial charge in [0.25, 0.3) is 0 Å². The van der Waals surface area contributed by atoms with Gasteiger partial charge in [0.15, 0.2) is 4.96 Å². The van der Waals surface area contributed by atoms with Gasteiger partial charge in [-0.2, -0.15) is 0 Å². The average molecular weight is 395 g/mol. The lowest BCUT2D eigenvalue weighted by atomic mass is 10.1. The summed E-state index contributed by atoms with van der Waals surface area (Å²) in [5, 5.41) is 11.7. The molecule has 1 fully saturated rings. The topological polar surface area (TPSA) is 66.5 Å². The number of aromatic nitrogens is 4. The van der Waals surface area contributed by atoms with Crippen LogP contribution in [-0.4, -0.2) is 43.7 Å². The number of fused-ring (bicyclic) bond motifs is 1. The van der Waals surface area contributed by atoms with Crippen molar-refractivity contribution in [1.82, 2.24) is 19.4 Å². The summed E-state index contributed by atoms with van der Waals surface area (Å²) in [6, 6.07) is 8.23. The van der Waals surface area contributed by atoms with Gasteiger partial charge in [-0.3, -0.25) is 4.40 Å². The molecule has 1 aliphatic rings. The summed E-state index contributed by atoms with van der Waals surface area (Å²) < 4.78 is 15.4. The van der Waals surface area contributed by atoms with Gasteiger partial charge in [-0.1, -0.05) is 0 Å². The summed E-state index contributed by atoms with van der Waals surface area (Å²) in [4.78, 5) is 16.9. The van der Waals surface area contributed by atoms with E-state index in [0.29, 0.717) is 5.95 Å². The maximum Gasteiger partial charge on any atom is 0.225 e. The molecule has 0 unspecified atom stereocenters. The Hall–Kier alpha value is -2.84. The smallest absolute Gasteiger partial charge is 0.225 e. The molecular formula is C20H18FN5OS. The van der Waals surface area contributed by atoms with E-state index in [1.807, 2.05) is 22.0 Å². The van der Waals surface area contributed by atoms with Gasteiger partial charge in [-0.25, -0.2) is 19.3 Å². The first kappa shape index (κ1) is 17.3. The summed E-state index contributed by atoms with van der Waals surface area (Å²) in [6.45, 7) is 1.46. The maximum absolute atomic E-state index is 13.4. The first-order chi connectivity index (χ1) is 13.7. The summed E-state index contributed by atoms with van der Waals surface area (Å²) in [7, 11) is 0. The molecule has 0 bridgehead atoms. The second-order valence-electron chi connectivity index (χ2n) is 6.83. The van der Waals surface area contributed by atoms with Crippen LogP contribution >= 0.6 is 11.3 Å². The monoisotopic (exact) mass is 395 g/mol. The van der Waals surface area contributed by atoms with E-state index in [0.717, 1.165) is 53.5 Å². The van der Waals surface area contributed by atoms with Crippen molar-refractivity contribution in [1.29, 1.82) is 0 Å². The van der Waals surface area contributed by atoms with Crippen LogP contribution in [0.25, 0.3) is 27.6 Å². The van der Waals surface area contributed by atoms with E-state index in [1.165, 1.54) is 12.1 Å². The molecule has 4 heterocycles. The molecule has 8 heteroatoms. The van der Waals surface area contributed by atoms with E-state index in [2.05, 4.69) is 9.88 Å². The second-order valence-corrected chi connectivity index (χ2v) is 7.70. The Morgan fingerprint density at radius 2 is 1.86 bits per heavy atom. The number of piperidine rings is 1. The fourth-order valence-corrected chi connectivity index (χ4v) is 4.25. The molecular weight excluding hydrogens is 377 g/mol. The molecule has 142 valence electrons. The van der Waals surface area contributed by atoms with E-state index in [9.17, 15) is 9.50 Å². The molecule has 5 rings (SSSR count). The quantitative estimate of drug-likeness (QED) is 0.574. The molecule has 0 aliphatic carbocycles. The van der Waals surface area contributed by atoms with Crippen molar-refractivity contribution in [2.75, 3.05) is 18.0 Å². The van der Waals surface area contributed by atoms with Crippen LogP contribution in [0.2, 0.25) is 0 Å². The Labute approximate surface area is 165 Å². The Bertz CT molecular complexity index is 1120. The Kier molecular flexibility index (Phi) is 4.29. The lowest BCUT2D eigenvalue weighted by molar-refractivity contribution is 0.145. The van der Waals surface area contributed by atoms with Gasteiger partial charge in [-0.05, 0) is 43.2 Å². The third-order valence-corrected chi connectivity index (χ3v) is 5.77. The first-order valence-electron chi connectivity index (χ1n) is 9.17. The number of hydrogen-bond donors (Lipinski definition) is 1. The number of hydrogen-bond acceptors (Lipinski definition) is 6. The van der Waals surface area contributed by atoms with Crippen molar-refractivity contribution in [3.05, 3.63) is 53.9 Å². The van der Waals surface area contributed by atoms with Gasteiger partial charge in [0.2, 0.25) is 5.95 Å². The molecule has 1 aromatic carbocycles. The van der Waals surface area contributed by atoms with Crippen LogP contribution in [0.4, 0.5) is 10.3 Å². The molecule has 0 atom stereocenters. The molecule has 3 aromatic heterocycles. The van der Waals surface area contributed by atoms with Crippen LogP contribution in [0, 0.1) is 5.82 Å². The molecule has 1 saturated heterocycles. The average Bonchev–Trinajstić information content (AvgIpc) is 3.30. The number of thiazole rings is 1. The second kappa shape index (κ2) is 6.96. The fourth-order valence-electron chi connectivity index (χ4n) is 3.54. The van der Waals surface area contributed by atoms with E-state index in [1.54, 1.807) is 29.7 Å². The van der Waals surface area contributed by atoms with Crippen molar-refractivity contribution in [3.63, 3.8) is 0 Å². The standard InChI is InChI=1S/C20H18FN5OS/c21-14-3-1-13(2-4-14)17-18(26-11-12-28-20(26)24-17)16-5-8-22-19(23-16)25-9-6-15(27)7-10-25/h1-5,8,11-12,15,27H,6-7,9-10H2. The Morgan fingerprint density at radius 3 is 2.64 bits per heavy atom. The summed E-state index contributed by atoms with van der Waals surface area (Å²) in [5.41, 5.74) is 3.24. The van der Waals surface area contributed by atoms with Crippen molar-refractivity contribution in [3.8, 4) is 22.6 Å². The third kappa shape index (κ3) is 3.04. The number of anilines is 1. The number of nitrogens with zero attached hydrogens (tertiary/aromatic N) is 5. The zero-order valence-electron chi connectivity index (χ0n) is 15.0. The SMILES string of the molecule is OC1CCN(c2nccc(-c3c(-c4ccc(F)cc4)nc4sccn34)n2)CC1. The lowest BCUT2D eigenvalue weighted by Crippen LogP contribution is -2.36. The number of benzene rings is 1. The highest BCUT2D eigenvalue weighted by molar-refractivity contribution is 7.15. The Balaban J connectivity index is 1.61. The van der Waals surface area contributed by atoms with Crippen molar-refractivity contribution < 1.29 is 9.50 Å². The molecule has 0 radical (unpaired) electrons. The van der Waals surface area contributed by atoms with Crippen LogP contribution < -0.4 is 4.90 Å². The van der Waals surface area contributed by atoms with Crippen LogP contribution in [0.5, 0.6) is 0 Å². The number of halogens is 1. The van der Waals surface area contributed by atoms with Crippen molar-refractivity contribution >= 4 is 22.2 Å². The van der Waals surface area contributed by atoms with Crippen molar-refractivity contribution in [2.24, 2.45) is 0 Å². The minimum atomic E-state index is -0.275. The van der Waals surface area contributed by atoms with Gasteiger partial charge in [0, 0.05) is 36.4 Å². The predicted octanol–water partition coefficient (Wildman–Crippen LogP) is 3.62. The van der Waals surface area contributed by atoms with E-state index < -0.39 is 0 Å². The molecule has 0 spiro atoms. The normalized spacial score (nSPS) is 15.4. The highest BCUT2D eigenvalue weighted by atomic mass is 32.1. The summed E-state index contributed by atoms with van der Waals surface area (Å²) in [5.74, 6) is 0.377. The van der Waals surface area contributed by atoms with Gasteiger partial charge in [0.05, 0.1) is 17.5 Å². The molecule has 1 N–H and O–H groups in total. The van der Waals surface area contributed by atoms with Crippen LogP contribution in [0.1, 0.15) is 12.8 Å². The lowest BCUT2D eigenvalue weighted by Gasteiger charge is -2.29. The minimum Gasteiger partial charge on any atom is -0.393 e. The molecule has 4 aromatic rings. The van der Waals surface area contributed by atoms with Crippen LogP contribution in [-0.2, 0) is 0 Å². The fraction of sp³-hybridized carbons (Fsp3) is 0.250. The number of aliphatic hydroxyl groups excluding tert-OH is 1. The van der Waals surface area contributed by atoms with E-state index in [4.69, 9.17) is 9.97 Å². The maximum atomic E-state index is 13.4. The largest absolute Gasteiger partial charge is 0.393 e. The molecule has 1 aliphatic heterocycles. The van der Waals surface area contributed by atoms with E-state index in [-0.39, 0.29) is 11.9 Å². The first-order valence-corrected chi connectivity index (χ1v) is 10.0. The van der Waals surface area contributed by atoms with Crippen molar-refractivity contribution in [2.45, 2.75) is 18.9 Å². The number of imidazole rings is 1. The third-order valence-electron chi connectivity index (χ3n) is 5.01. The molecule has 6 nitrogen and oxygen atoms in total. The predicted molar refractivity (Wildman–Crippen MR) is 107 cm³/mol. The van der Waals surface area contributed by atoms with Gasteiger partial charge in [0.1, 0.15) is 11.5 Å². The molecule has 0 amide bonds. The summed E-state index contributed by atoms with van der Waals surface area (Å²) in [6.07, 6.45) is 4.91.